The predicted molar refractivity (Wildman–Crippen MR) is 73.8 cm³/mol. The molecule has 0 saturated carbocycles. The van der Waals surface area contributed by atoms with Crippen LogP contribution in [0, 0.1) is 6.92 Å². The molecule has 0 atom stereocenters. The van der Waals surface area contributed by atoms with E-state index < -0.39 is 0 Å². The Balaban J connectivity index is 2.24. The summed E-state index contributed by atoms with van der Waals surface area (Å²) in [5, 5.41) is 2.12. The molecule has 0 radical (unpaired) electrons. The highest BCUT2D eigenvalue weighted by Crippen LogP contribution is 2.28. The minimum atomic E-state index is 0.636. The highest BCUT2D eigenvalue weighted by molar-refractivity contribution is 7.15. The molecule has 0 amide bonds. The SMILES string of the molecule is Cc1nc2scc(-c3cccnc3)n2c1CCN. The zero-order valence-corrected chi connectivity index (χ0v) is 10.9. The van der Waals surface area contributed by atoms with Crippen LogP contribution in [-0.2, 0) is 6.42 Å². The average Bonchev–Trinajstić information content (AvgIpc) is 2.92. The molecule has 2 N–H and O–H groups in total. The van der Waals surface area contributed by atoms with Crippen LogP contribution >= 0.6 is 11.3 Å². The molecule has 3 heterocycles. The molecule has 0 aliphatic carbocycles. The summed E-state index contributed by atoms with van der Waals surface area (Å²) in [6.07, 6.45) is 4.51. The van der Waals surface area contributed by atoms with Crippen molar-refractivity contribution in [2.24, 2.45) is 5.73 Å². The van der Waals surface area contributed by atoms with Gasteiger partial charge in [-0.25, -0.2) is 4.98 Å². The van der Waals surface area contributed by atoms with Crippen molar-refractivity contribution in [2.75, 3.05) is 6.54 Å². The van der Waals surface area contributed by atoms with Crippen LogP contribution in [0.5, 0.6) is 0 Å². The molecule has 0 fully saturated rings. The molecule has 5 heteroatoms. The molecule has 0 aliphatic rings. The molecular weight excluding hydrogens is 244 g/mol. The van der Waals surface area contributed by atoms with Crippen molar-refractivity contribution < 1.29 is 0 Å². The maximum absolute atomic E-state index is 5.69. The standard InChI is InChI=1S/C13H14N4S/c1-9-11(4-5-14)17-12(8-18-13(17)16-9)10-3-2-6-15-7-10/h2-3,6-8H,4-5,14H2,1H3. The van der Waals surface area contributed by atoms with Crippen molar-refractivity contribution in [1.82, 2.24) is 14.4 Å². The lowest BCUT2D eigenvalue weighted by molar-refractivity contribution is 0.899. The molecule has 0 aromatic carbocycles. The topological polar surface area (TPSA) is 56.2 Å². The van der Waals surface area contributed by atoms with Crippen LogP contribution in [0.25, 0.3) is 16.2 Å². The zero-order valence-electron chi connectivity index (χ0n) is 10.1. The number of aryl methyl sites for hydroxylation is 1. The molecule has 18 heavy (non-hydrogen) atoms. The van der Waals surface area contributed by atoms with E-state index in [-0.39, 0.29) is 0 Å². The Kier molecular flexibility index (Phi) is 2.85. The first-order chi connectivity index (χ1) is 8.81. The number of fused-ring (bicyclic) bond motifs is 1. The number of hydrogen-bond donors (Lipinski definition) is 1. The second kappa shape index (κ2) is 4.51. The number of hydrogen-bond acceptors (Lipinski definition) is 4. The second-order valence-electron chi connectivity index (χ2n) is 4.16. The predicted octanol–water partition coefficient (Wildman–Crippen LogP) is 2.27. The normalized spacial score (nSPS) is 11.2. The number of nitrogens with zero attached hydrogens (tertiary/aromatic N) is 3. The first-order valence-corrected chi connectivity index (χ1v) is 6.75. The third-order valence-electron chi connectivity index (χ3n) is 3.00. The van der Waals surface area contributed by atoms with Crippen molar-refractivity contribution in [3.63, 3.8) is 0 Å². The number of imidazole rings is 1. The van der Waals surface area contributed by atoms with Gasteiger partial charge in [-0.15, -0.1) is 11.3 Å². The van der Waals surface area contributed by atoms with Gasteiger partial charge in [0.1, 0.15) is 0 Å². The van der Waals surface area contributed by atoms with Gasteiger partial charge in [-0.3, -0.25) is 9.38 Å². The third-order valence-corrected chi connectivity index (χ3v) is 3.82. The number of aromatic nitrogens is 3. The minimum absolute atomic E-state index is 0.636. The van der Waals surface area contributed by atoms with Gasteiger partial charge in [0.25, 0.3) is 0 Å². The second-order valence-corrected chi connectivity index (χ2v) is 5.00. The molecule has 0 saturated heterocycles. The van der Waals surface area contributed by atoms with Crippen LogP contribution in [0.4, 0.5) is 0 Å². The van der Waals surface area contributed by atoms with Gasteiger partial charge in [-0.1, -0.05) is 0 Å². The Morgan fingerprint density at radius 2 is 2.33 bits per heavy atom. The summed E-state index contributed by atoms with van der Waals surface area (Å²) in [6, 6.07) is 4.02. The molecular formula is C13H14N4S. The molecule has 0 unspecified atom stereocenters. The van der Waals surface area contributed by atoms with Crippen molar-refractivity contribution in [3.8, 4) is 11.3 Å². The molecule has 3 aromatic heterocycles. The van der Waals surface area contributed by atoms with Gasteiger partial charge >= 0.3 is 0 Å². The highest BCUT2D eigenvalue weighted by Gasteiger charge is 2.14. The summed E-state index contributed by atoms with van der Waals surface area (Å²) in [5.74, 6) is 0. The van der Waals surface area contributed by atoms with Crippen molar-refractivity contribution in [2.45, 2.75) is 13.3 Å². The largest absolute Gasteiger partial charge is 0.330 e. The summed E-state index contributed by atoms with van der Waals surface area (Å²) in [7, 11) is 0. The van der Waals surface area contributed by atoms with E-state index >= 15 is 0 Å². The summed E-state index contributed by atoms with van der Waals surface area (Å²) < 4.78 is 2.20. The van der Waals surface area contributed by atoms with E-state index in [1.165, 1.54) is 5.69 Å². The first-order valence-electron chi connectivity index (χ1n) is 5.87. The van der Waals surface area contributed by atoms with Gasteiger partial charge in [0.2, 0.25) is 0 Å². The van der Waals surface area contributed by atoms with Crippen LogP contribution in [0.15, 0.2) is 29.9 Å². The lowest BCUT2D eigenvalue weighted by Gasteiger charge is -2.04. The fourth-order valence-corrected chi connectivity index (χ4v) is 3.13. The van der Waals surface area contributed by atoms with Crippen molar-refractivity contribution in [3.05, 3.63) is 41.3 Å². The fraction of sp³-hybridized carbons (Fsp3) is 0.231. The highest BCUT2D eigenvalue weighted by atomic mass is 32.1. The lowest BCUT2D eigenvalue weighted by atomic mass is 10.2. The van der Waals surface area contributed by atoms with Crippen LogP contribution in [-0.4, -0.2) is 20.9 Å². The van der Waals surface area contributed by atoms with Gasteiger partial charge in [0, 0.05) is 35.5 Å². The number of pyridine rings is 1. The third kappa shape index (κ3) is 1.72. The Hall–Kier alpha value is -1.72. The molecule has 3 aromatic rings. The number of thiazole rings is 1. The molecule has 0 spiro atoms. The van der Waals surface area contributed by atoms with E-state index in [4.69, 9.17) is 5.73 Å². The smallest absolute Gasteiger partial charge is 0.194 e. The lowest BCUT2D eigenvalue weighted by Crippen LogP contribution is -2.06. The van der Waals surface area contributed by atoms with Crippen LogP contribution in [0.3, 0.4) is 0 Å². The van der Waals surface area contributed by atoms with Crippen LogP contribution in [0.2, 0.25) is 0 Å². The Morgan fingerprint density at radius 1 is 1.44 bits per heavy atom. The van der Waals surface area contributed by atoms with Gasteiger partial charge in [-0.2, -0.15) is 0 Å². The summed E-state index contributed by atoms with van der Waals surface area (Å²) >= 11 is 1.65. The van der Waals surface area contributed by atoms with Gasteiger partial charge in [0.15, 0.2) is 4.96 Å². The summed E-state index contributed by atoms with van der Waals surface area (Å²) in [6.45, 7) is 2.68. The van der Waals surface area contributed by atoms with E-state index in [0.717, 1.165) is 28.3 Å². The zero-order chi connectivity index (χ0) is 12.5. The first kappa shape index (κ1) is 11.4. The Morgan fingerprint density at radius 3 is 3.06 bits per heavy atom. The molecule has 0 aliphatic heterocycles. The van der Waals surface area contributed by atoms with Crippen molar-refractivity contribution in [1.29, 1.82) is 0 Å². The molecule has 4 nitrogen and oxygen atoms in total. The fourth-order valence-electron chi connectivity index (χ4n) is 2.16. The van der Waals surface area contributed by atoms with E-state index in [1.807, 2.05) is 19.2 Å². The quantitative estimate of drug-likeness (QED) is 0.784. The van der Waals surface area contributed by atoms with Gasteiger partial charge < -0.3 is 5.73 Å². The molecule has 0 bridgehead atoms. The summed E-state index contributed by atoms with van der Waals surface area (Å²) in [4.78, 5) is 9.78. The van der Waals surface area contributed by atoms with Crippen molar-refractivity contribution >= 4 is 16.3 Å². The van der Waals surface area contributed by atoms with E-state index in [0.29, 0.717) is 6.54 Å². The van der Waals surface area contributed by atoms with Crippen LogP contribution < -0.4 is 5.73 Å². The summed E-state index contributed by atoms with van der Waals surface area (Å²) in [5.41, 5.74) is 10.2. The van der Waals surface area contributed by atoms with Gasteiger partial charge in [0.05, 0.1) is 11.4 Å². The monoisotopic (exact) mass is 258 g/mol. The maximum Gasteiger partial charge on any atom is 0.194 e. The number of rotatable bonds is 3. The maximum atomic E-state index is 5.69. The van der Waals surface area contributed by atoms with Gasteiger partial charge in [-0.05, 0) is 25.6 Å². The Bertz CT molecular complexity index is 669. The minimum Gasteiger partial charge on any atom is -0.330 e. The number of nitrogens with two attached hydrogens (primary N) is 1. The van der Waals surface area contributed by atoms with Crippen LogP contribution in [0.1, 0.15) is 11.4 Å². The molecule has 3 rings (SSSR count). The van der Waals surface area contributed by atoms with E-state index in [2.05, 4.69) is 25.8 Å². The average molecular weight is 258 g/mol. The van der Waals surface area contributed by atoms with E-state index in [1.54, 1.807) is 17.5 Å². The molecule has 92 valence electrons. The van der Waals surface area contributed by atoms with E-state index in [9.17, 15) is 0 Å². The Labute approximate surface area is 109 Å².